The molecule has 1 heteroatoms. The second-order valence-corrected chi connectivity index (χ2v) is 5.25. The Balaban J connectivity index is 1.86. The van der Waals surface area contributed by atoms with Crippen LogP contribution in [0.3, 0.4) is 0 Å². The fourth-order valence-corrected chi connectivity index (χ4v) is 2.83. The maximum Gasteiger partial charge on any atom is 0.0528 e. The topological polar surface area (TPSA) is 4.93 Å². The summed E-state index contributed by atoms with van der Waals surface area (Å²) in [5.74, 6) is 0. The van der Waals surface area contributed by atoms with E-state index < -0.39 is 0 Å². The zero-order valence-electron chi connectivity index (χ0n) is 11.7. The average Bonchev–Trinajstić information content (AvgIpc) is 2.98. The predicted molar refractivity (Wildman–Crippen MR) is 90.3 cm³/mol. The number of aromatic nitrogens is 1. The molecule has 0 amide bonds. The van der Waals surface area contributed by atoms with Gasteiger partial charge in [0.15, 0.2) is 0 Å². The first-order valence-electron chi connectivity index (χ1n) is 7.07. The highest BCUT2D eigenvalue weighted by molar-refractivity contribution is 5.89. The Labute approximate surface area is 123 Å². The molecule has 3 aromatic carbocycles. The van der Waals surface area contributed by atoms with Gasteiger partial charge in [0.05, 0.1) is 5.52 Å². The molecule has 4 rings (SSSR count). The van der Waals surface area contributed by atoms with Crippen LogP contribution in [0.4, 0.5) is 0 Å². The standard InChI is InChI=1S/C20H15N/c1-15(21-13-12-17-7-4-5-9-20(17)21)18-11-10-16-6-2-3-8-19(16)14-18/h2-14H,1H2. The smallest absolute Gasteiger partial charge is 0.0528 e. The van der Waals surface area contributed by atoms with Gasteiger partial charge in [-0.05, 0) is 39.9 Å². The van der Waals surface area contributed by atoms with Crippen molar-refractivity contribution in [2.75, 3.05) is 0 Å². The molecule has 0 aliphatic heterocycles. The lowest BCUT2D eigenvalue weighted by atomic mass is 10.1. The zero-order valence-corrected chi connectivity index (χ0v) is 11.7. The highest BCUT2D eigenvalue weighted by atomic mass is 15.0. The van der Waals surface area contributed by atoms with Gasteiger partial charge in [-0.1, -0.05) is 61.2 Å². The number of hydrogen-bond donors (Lipinski definition) is 0. The Morgan fingerprint density at radius 1 is 0.714 bits per heavy atom. The molecule has 0 saturated carbocycles. The van der Waals surface area contributed by atoms with Gasteiger partial charge in [-0.3, -0.25) is 0 Å². The quantitative estimate of drug-likeness (QED) is 0.464. The minimum Gasteiger partial charge on any atom is -0.317 e. The van der Waals surface area contributed by atoms with Crippen molar-refractivity contribution in [3.8, 4) is 0 Å². The van der Waals surface area contributed by atoms with Crippen LogP contribution in [0, 0.1) is 0 Å². The summed E-state index contributed by atoms with van der Waals surface area (Å²) in [6.45, 7) is 4.29. The van der Waals surface area contributed by atoms with Crippen molar-refractivity contribution in [1.82, 2.24) is 4.57 Å². The summed E-state index contributed by atoms with van der Waals surface area (Å²) < 4.78 is 2.15. The highest BCUT2D eigenvalue weighted by Crippen LogP contribution is 2.25. The molecule has 0 unspecified atom stereocenters. The van der Waals surface area contributed by atoms with E-state index in [1.54, 1.807) is 0 Å². The van der Waals surface area contributed by atoms with Crippen LogP contribution < -0.4 is 0 Å². The lowest BCUT2D eigenvalue weighted by molar-refractivity contribution is 1.17. The molecule has 0 aliphatic rings. The van der Waals surface area contributed by atoms with Gasteiger partial charge < -0.3 is 4.57 Å². The van der Waals surface area contributed by atoms with Crippen molar-refractivity contribution in [2.24, 2.45) is 0 Å². The van der Waals surface area contributed by atoms with Crippen LogP contribution in [-0.4, -0.2) is 4.57 Å². The lowest BCUT2D eigenvalue weighted by Gasteiger charge is -2.10. The van der Waals surface area contributed by atoms with Gasteiger partial charge in [0.2, 0.25) is 0 Å². The Hall–Kier alpha value is -2.80. The monoisotopic (exact) mass is 269 g/mol. The summed E-state index contributed by atoms with van der Waals surface area (Å²) in [5, 5.41) is 3.73. The molecule has 0 radical (unpaired) electrons. The Bertz CT molecular complexity index is 960. The van der Waals surface area contributed by atoms with Crippen molar-refractivity contribution in [2.45, 2.75) is 0 Å². The largest absolute Gasteiger partial charge is 0.317 e. The maximum absolute atomic E-state index is 4.29. The van der Waals surface area contributed by atoms with E-state index in [0.29, 0.717) is 0 Å². The van der Waals surface area contributed by atoms with Crippen LogP contribution in [0.1, 0.15) is 5.56 Å². The average molecular weight is 269 g/mol. The summed E-state index contributed by atoms with van der Waals surface area (Å²) in [5.41, 5.74) is 3.34. The van der Waals surface area contributed by atoms with E-state index in [2.05, 4.69) is 90.1 Å². The van der Waals surface area contributed by atoms with E-state index in [9.17, 15) is 0 Å². The van der Waals surface area contributed by atoms with Crippen LogP contribution in [0.15, 0.2) is 85.6 Å². The molecule has 0 aliphatic carbocycles. The molecule has 0 bridgehead atoms. The van der Waals surface area contributed by atoms with E-state index in [4.69, 9.17) is 0 Å². The molecule has 4 aromatic rings. The van der Waals surface area contributed by atoms with Gasteiger partial charge in [0.25, 0.3) is 0 Å². The number of rotatable bonds is 2. The number of fused-ring (bicyclic) bond motifs is 2. The molecular formula is C20H15N. The second kappa shape index (κ2) is 4.64. The van der Waals surface area contributed by atoms with E-state index >= 15 is 0 Å². The first-order chi connectivity index (χ1) is 10.3. The summed E-state index contributed by atoms with van der Waals surface area (Å²) in [7, 11) is 0. The van der Waals surface area contributed by atoms with Crippen LogP contribution in [-0.2, 0) is 0 Å². The van der Waals surface area contributed by atoms with Crippen LogP contribution in [0.5, 0.6) is 0 Å². The van der Waals surface area contributed by atoms with Gasteiger partial charge >= 0.3 is 0 Å². The fraction of sp³-hybridized carbons (Fsp3) is 0. The molecule has 0 spiro atoms. The summed E-state index contributed by atoms with van der Waals surface area (Å²) >= 11 is 0. The fourth-order valence-electron chi connectivity index (χ4n) is 2.83. The van der Waals surface area contributed by atoms with Gasteiger partial charge in [-0.25, -0.2) is 0 Å². The molecule has 21 heavy (non-hydrogen) atoms. The van der Waals surface area contributed by atoms with E-state index in [1.165, 1.54) is 21.7 Å². The van der Waals surface area contributed by atoms with Crippen LogP contribution in [0.25, 0.3) is 27.4 Å². The number of para-hydroxylation sites is 1. The summed E-state index contributed by atoms with van der Waals surface area (Å²) in [4.78, 5) is 0. The molecule has 100 valence electrons. The molecule has 0 N–H and O–H groups in total. The number of nitrogens with zero attached hydrogens (tertiary/aromatic N) is 1. The van der Waals surface area contributed by atoms with E-state index in [1.807, 2.05) is 0 Å². The van der Waals surface area contributed by atoms with E-state index in [0.717, 1.165) is 11.3 Å². The third-order valence-corrected chi connectivity index (χ3v) is 3.97. The summed E-state index contributed by atoms with van der Waals surface area (Å²) in [6.07, 6.45) is 2.09. The molecule has 1 nitrogen and oxygen atoms in total. The normalized spacial score (nSPS) is 11.0. The van der Waals surface area contributed by atoms with Gasteiger partial charge in [-0.15, -0.1) is 0 Å². The molecule has 0 saturated heterocycles. The van der Waals surface area contributed by atoms with Gasteiger partial charge in [0.1, 0.15) is 0 Å². The first kappa shape index (κ1) is 12.0. The highest BCUT2D eigenvalue weighted by Gasteiger charge is 2.06. The third-order valence-electron chi connectivity index (χ3n) is 3.97. The summed E-state index contributed by atoms with van der Waals surface area (Å²) in [6, 6.07) is 25.4. The molecule has 0 atom stereocenters. The Morgan fingerprint density at radius 3 is 2.29 bits per heavy atom. The van der Waals surface area contributed by atoms with Gasteiger partial charge in [-0.2, -0.15) is 0 Å². The Kier molecular flexibility index (Phi) is 2.65. The molecule has 1 heterocycles. The predicted octanol–water partition coefficient (Wildman–Crippen LogP) is 5.31. The number of benzene rings is 3. The number of hydrogen-bond acceptors (Lipinski definition) is 0. The molecule has 1 aromatic heterocycles. The maximum atomic E-state index is 4.29. The SMILES string of the molecule is C=C(c1ccc2ccccc2c1)n1ccc2ccccc21. The molecule has 0 fully saturated rings. The lowest BCUT2D eigenvalue weighted by Crippen LogP contribution is -1.95. The van der Waals surface area contributed by atoms with Crippen molar-refractivity contribution < 1.29 is 0 Å². The van der Waals surface area contributed by atoms with Crippen LogP contribution >= 0.6 is 0 Å². The van der Waals surface area contributed by atoms with E-state index in [-0.39, 0.29) is 0 Å². The molecular weight excluding hydrogens is 254 g/mol. The van der Waals surface area contributed by atoms with Crippen molar-refractivity contribution in [3.05, 3.63) is 91.1 Å². The zero-order chi connectivity index (χ0) is 14.2. The van der Waals surface area contributed by atoms with Crippen molar-refractivity contribution in [1.29, 1.82) is 0 Å². The first-order valence-corrected chi connectivity index (χ1v) is 7.07. The van der Waals surface area contributed by atoms with Crippen molar-refractivity contribution >= 4 is 27.4 Å². The van der Waals surface area contributed by atoms with Crippen molar-refractivity contribution in [3.63, 3.8) is 0 Å². The minimum atomic E-state index is 1.00. The van der Waals surface area contributed by atoms with Gasteiger partial charge in [0, 0.05) is 11.9 Å². The third kappa shape index (κ3) is 1.95. The Morgan fingerprint density at radius 2 is 1.43 bits per heavy atom. The minimum absolute atomic E-state index is 1.00. The van der Waals surface area contributed by atoms with Crippen LogP contribution in [0.2, 0.25) is 0 Å². The second-order valence-electron chi connectivity index (χ2n) is 5.25.